The van der Waals surface area contributed by atoms with Crippen LogP contribution in [0.2, 0.25) is 0 Å². The molecule has 0 spiro atoms. The number of rotatable bonds is 5. The maximum Gasteiger partial charge on any atom is 0.254 e. The fraction of sp³-hybridized carbons (Fsp3) is 0.346. The molecule has 170 valence electrons. The van der Waals surface area contributed by atoms with Gasteiger partial charge in [-0.3, -0.25) is 14.3 Å². The summed E-state index contributed by atoms with van der Waals surface area (Å²) in [5.41, 5.74) is 1.86. The average molecular weight is 445 g/mol. The molecule has 5 rings (SSSR count). The molecule has 0 N–H and O–H groups in total. The van der Waals surface area contributed by atoms with Gasteiger partial charge in [0, 0.05) is 55.5 Å². The van der Waals surface area contributed by atoms with Crippen molar-refractivity contribution in [3.63, 3.8) is 0 Å². The van der Waals surface area contributed by atoms with Gasteiger partial charge in [0.1, 0.15) is 12.3 Å². The highest BCUT2D eigenvalue weighted by Gasteiger charge is 2.47. The average Bonchev–Trinajstić information content (AvgIpc) is 3.51. The predicted molar refractivity (Wildman–Crippen MR) is 124 cm³/mol. The van der Waals surface area contributed by atoms with Crippen molar-refractivity contribution in [3.05, 3.63) is 84.2 Å². The number of nitrogens with zero attached hydrogens (tertiary/aromatic N) is 4. The van der Waals surface area contributed by atoms with Crippen LogP contribution in [0.4, 0.5) is 0 Å². The SMILES string of the molecule is COc1cccc([C@H]2CN(C(=O)c3ccccc3)[C@@H]3CCN(C(=O)Cn4cccn4)C[C@H]23)c1. The summed E-state index contributed by atoms with van der Waals surface area (Å²) in [6.07, 6.45) is 4.26. The standard InChI is InChI=1S/C26H28N4O3/c1-33-21-10-5-9-20(15-21)22-17-30(26(32)19-7-3-2-4-8-19)24-11-14-28(16-23(22)24)25(31)18-29-13-6-12-27-29/h2-10,12-13,15,22-24H,11,14,16-18H2,1H3/t22-,23-,24-/m1/s1. The number of ether oxygens (including phenoxy) is 1. The molecule has 2 fully saturated rings. The molecule has 2 aromatic carbocycles. The second kappa shape index (κ2) is 9.10. The van der Waals surface area contributed by atoms with E-state index in [1.54, 1.807) is 24.2 Å². The molecule has 0 unspecified atom stereocenters. The lowest BCUT2D eigenvalue weighted by Crippen LogP contribution is -2.50. The molecular weight excluding hydrogens is 416 g/mol. The molecule has 0 bridgehead atoms. The Labute approximate surface area is 193 Å². The smallest absolute Gasteiger partial charge is 0.254 e. The van der Waals surface area contributed by atoms with E-state index in [2.05, 4.69) is 17.2 Å². The van der Waals surface area contributed by atoms with Crippen LogP contribution in [0, 0.1) is 5.92 Å². The number of piperidine rings is 1. The highest BCUT2D eigenvalue weighted by molar-refractivity contribution is 5.94. The van der Waals surface area contributed by atoms with E-state index >= 15 is 0 Å². The Hall–Kier alpha value is -3.61. The molecule has 7 heteroatoms. The zero-order valence-corrected chi connectivity index (χ0v) is 18.7. The first-order valence-corrected chi connectivity index (χ1v) is 11.4. The first-order chi connectivity index (χ1) is 16.1. The molecule has 2 aliphatic rings. The van der Waals surface area contributed by atoms with Crippen molar-refractivity contribution in [2.24, 2.45) is 5.92 Å². The van der Waals surface area contributed by atoms with E-state index in [0.29, 0.717) is 25.2 Å². The minimum Gasteiger partial charge on any atom is -0.497 e. The molecule has 3 heterocycles. The minimum atomic E-state index is 0.0623. The molecule has 0 saturated carbocycles. The van der Waals surface area contributed by atoms with Crippen LogP contribution < -0.4 is 4.74 Å². The second-order valence-electron chi connectivity index (χ2n) is 8.77. The number of carbonyl (C=O) groups excluding carboxylic acids is 2. The predicted octanol–water partition coefficient (Wildman–Crippen LogP) is 3.05. The lowest BCUT2D eigenvalue weighted by Gasteiger charge is -2.39. The molecule has 7 nitrogen and oxygen atoms in total. The van der Waals surface area contributed by atoms with Gasteiger partial charge in [-0.1, -0.05) is 30.3 Å². The van der Waals surface area contributed by atoms with Gasteiger partial charge >= 0.3 is 0 Å². The van der Waals surface area contributed by atoms with E-state index in [1.165, 1.54) is 0 Å². The van der Waals surface area contributed by atoms with Crippen molar-refractivity contribution in [1.82, 2.24) is 19.6 Å². The third-order valence-corrected chi connectivity index (χ3v) is 6.94. The van der Waals surface area contributed by atoms with Gasteiger partial charge in [-0.05, 0) is 42.3 Å². The van der Waals surface area contributed by atoms with Crippen LogP contribution in [0.1, 0.15) is 28.3 Å². The van der Waals surface area contributed by atoms with Crippen LogP contribution in [0.25, 0.3) is 0 Å². The third-order valence-electron chi connectivity index (χ3n) is 6.94. The van der Waals surface area contributed by atoms with Gasteiger partial charge in [0.25, 0.3) is 5.91 Å². The molecule has 2 saturated heterocycles. The Morgan fingerprint density at radius 2 is 1.91 bits per heavy atom. The zero-order chi connectivity index (χ0) is 22.8. The van der Waals surface area contributed by atoms with Crippen LogP contribution in [0.5, 0.6) is 5.75 Å². The molecule has 3 atom stereocenters. The molecule has 0 aliphatic carbocycles. The maximum absolute atomic E-state index is 13.4. The molecule has 0 radical (unpaired) electrons. The van der Waals surface area contributed by atoms with E-state index < -0.39 is 0 Å². The van der Waals surface area contributed by atoms with E-state index in [1.807, 2.05) is 58.3 Å². The highest BCUT2D eigenvalue weighted by Crippen LogP contribution is 2.42. The van der Waals surface area contributed by atoms with E-state index in [0.717, 1.165) is 17.7 Å². The van der Waals surface area contributed by atoms with Gasteiger partial charge in [0.2, 0.25) is 5.91 Å². The summed E-state index contributed by atoms with van der Waals surface area (Å²) in [4.78, 5) is 30.4. The van der Waals surface area contributed by atoms with Gasteiger partial charge in [0.15, 0.2) is 0 Å². The number of likely N-dealkylation sites (tertiary alicyclic amines) is 2. The van der Waals surface area contributed by atoms with Crippen molar-refractivity contribution in [3.8, 4) is 5.75 Å². The quantitative estimate of drug-likeness (QED) is 0.607. The summed E-state index contributed by atoms with van der Waals surface area (Å²) in [5, 5.41) is 4.17. The largest absolute Gasteiger partial charge is 0.497 e. The summed E-state index contributed by atoms with van der Waals surface area (Å²) < 4.78 is 7.12. The number of methoxy groups -OCH3 is 1. The first-order valence-electron chi connectivity index (χ1n) is 11.4. The lowest BCUT2D eigenvalue weighted by molar-refractivity contribution is -0.134. The number of fused-ring (bicyclic) bond motifs is 1. The summed E-state index contributed by atoms with van der Waals surface area (Å²) in [7, 11) is 1.66. The van der Waals surface area contributed by atoms with Gasteiger partial charge < -0.3 is 14.5 Å². The number of aromatic nitrogens is 2. The van der Waals surface area contributed by atoms with Crippen LogP contribution in [0.15, 0.2) is 73.1 Å². The highest BCUT2D eigenvalue weighted by atomic mass is 16.5. The van der Waals surface area contributed by atoms with E-state index in [4.69, 9.17) is 4.74 Å². The maximum atomic E-state index is 13.4. The molecule has 3 aromatic rings. The van der Waals surface area contributed by atoms with Crippen LogP contribution in [-0.2, 0) is 11.3 Å². The third kappa shape index (κ3) is 4.23. The van der Waals surface area contributed by atoms with Crippen LogP contribution in [-0.4, -0.2) is 64.2 Å². The van der Waals surface area contributed by atoms with Gasteiger partial charge in [-0.2, -0.15) is 5.10 Å². The van der Waals surface area contributed by atoms with Crippen molar-refractivity contribution < 1.29 is 14.3 Å². The van der Waals surface area contributed by atoms with Gasteiger partial charge in [0.05, 0.1) is 7.11 Å². The van der Waals surface area contributed by atoms with Gasteiger partial charge in [-0.15, -0.1) is 0 Å². The second-order valence-corrected chi connectivity index (χ2v) is 8.77. The molecule has 33 heavy (non-hydrogen) atoms. The Morgan fingerprint density at radius 1 is 1.06 bits per heavy atom. The first kappa shape index (κ1) is 21.2. The summed E-state index contributed by atoms with van der Waals surface area (Å²) >= 11 is 0. The fourth-order valence-corrected chi connectivity index (χ4v) is 5.30. The monoisotopic (exact) mass is 444 g/mol. The van der Waals surface area contributed by atoms with E-state index in [9.17, 15) is 9.59 Å². The van der Waals surface area contributed by atoms with Crippen LogP contribution in [0.3, 0.4) is 0 Å². The Balaban J connectivity index is 1.42. The van der Waals surface area contributed by atoms with E-state index in [-0.39, 0.29) is 36.2 Å². The van der Waals surface area contributed by atoms with Gasteiger partial charge in [-0.25, -0.2) is 0 Å². The number of hydrogen-bond donors (Lipinski definition) is 0. The number of hydrogen-bond acceptors (Lipinski definition) is 4. The van der Waals surface area contributed by atoms with Crippen molar-refractivity contribution in [2.45, 2.75) is 24.9 Å². The molecule has 2 amide bonds. The minimum absolute atomic E-state index is 0.0623. The topological polar surface area (TPSA) is 67.7 Å². The summed E-state index contributed by atoms with van der Waals surface area (Å²) in [5.74, 6) is 1.24. The normalized spacial score (nSPS) is 22.2. The van der Waals surface area contributed by atoms with Crippen LogP contribution >= 0.6 is 0 Å². The number of amides is 2. The Bertz CT molecular complexity index is 1120. The van der Waals surface area contributed by atoms with Crippen molar-refractivity contribution in [1.29, 1.82) is 0 Å². The zero-order valence-electron chi connectivity index (χ0n) is 18.7. The number of carbonyl (C=O) groups is 2. The van der Waals surface area contributed by atoms with Crippen molar-refractivity contribution >= 4 is 11.8 Å². The Kier molecular flexibility index (Phi) is 5.86. The number of benzene rings is 2. The fourth-order valence-electron chi connectivity index (χ4n) is 5.30. The summed E-state index contributed by atoms with van der Waals surface area (Å²) in [6, 6.07) is 19.5. The Morgan fingerprint density at radius 3 is 2.67 bits per heavy atom. The molecular formula is C26H28N4O3. The van der Waals surface area contributed by atoms with Crippen molar-refractivity contribution in [2.75, 3.05) is 26.7 Å². The summed E-state index contributed by atoms with van der Waals surface area (Å²) in [6.45, 7) is 2.15. The lowest BCUT2D eigenvalue weighted by atomic mass is 9.81. The molecule has 2 aliphatic heterocycles. The molecule has 1 aromatic heterocycles.